The number of aromatic nitrogens is 1. The molecule has 1 N–H and O–H groups in total. The molecule has 1 aliphatic heterocycles. The lowest BCUT2D eigenvalue weighted by Gasteiger charge is -2.20. The molecule has 0 unspecified atom stereocenters. The van der Waals surface area contributed by atoms with E-state index in [9.17, 15) is 4.79 Å². The van der Waals surface area contributed by atoms with Crippen LogP contribution in [0, 0.1) is 0 Å². The van der Waals surface area contributed by atoms with E-state index < -0.39 is 0 Å². The average Bonchev–Trinajstić information content (AvgIpc) is 3.23. The predicted octanol–water partition coefficient (Wildman–Crippen LogP) is 4.55. The molecule has 2 aromatic heterocycles. The Morgan fingerprint density at radius 2 is 2.08 bits per heavy atom. The number of halogens is 1. The minimum Gasteiger partial charge on any atom is -0.486 e. The van der Waals surface area contributed by atoms with E-state index in [2.05, 4.69) is 10.3 Å². The van der Waals surface area contributed by atoms with Crippen molar-refractivity contribution in [2.24, 2.45) is 0 Å². The molecule has 1 aliphatic rings. The number of carbonyl (C=O) groups excluding carboxylic acids is 1. The second-order valence-electron chi connectivity index (χ2n) is 4.93. The topological polar surface area (TPSA) is 60.5 Å². The van der Waals surface area contributed by atoms with Gasteiger partial charge >= 0.3 is 0 Å². The Morgan fingerprint density at radius 1 is 1.21 bits per heavy atom. The molecule has 0 saturated heterocycles. The third-order valence-corrected chi connectivity index (χ3v) is 5.37. The number of carbonyl (C=O) groups is 1. The average molecular weight is 379 g/mol. The number of thiophene rings is 1. The molecule has 3 heterocycles. The highest BCUT2D eigenvalue weighted by atomic mass is 35.5. The molecule has 122 valence electrons. The van der Waals surface area contributed by atoms with Crippen molar-refractivity contribution in [3.05, 3.63) is 45.6 Å². The maximum Gasteiger partial charge on any atom is 0.261 e. The Kier molecular flexibility index (Phi) is 4.13. The molecule has 5 nitrogen and oxygen atoms in total. The number of anilines is 1. The van der Waals surface area contributed by atoms with Gasteiger partial charge in [-0.05, 0) is 24.3 Å². The molecule has 8 heteroatoms. The number of para-hydroxylation sites is 1. The van der Waals surface area contributed by atoms with Gasteiger partial charge in [0.1, 0.15) is 13.2 Å². The molecule has 0 saturated carbocycles. The van der Waals surface area contributed by atoms with Crippen molar-refractivity contribution in [1.82, 2.24) is 4.98 Å². The lowest BCUT2D eigenvalue weighted by Crippen LogP contribution is -2.20. The first-order valence-corrected chi connectivity index (χ1v) is 9.19. The third kappa shape index (κ3) is 2.98. The Balaban J connectivity index is 1.56. The maximum absolute atomic E-state index is 12.5. The molecule has 1 aromatic carbocycles. The fourth-order valence-corrected chi connectivity index (χ4v) is 4.10. The Labute approximate surface area is 150 Å². The molecule has 0 aliphatic carbocycles. The fourth-order valence-electron chi connectivity index (χ4n) is 2.31. The standard InChI is InChI=1S/C16H11ClN2O3S2/c17-13-5-4-12(24-13)10-8-23-16(18-10)19-15(20)9-2-1-3-11-14(9)22-7-6-21-11/h1-5,8H,6-7H2,(H,18,19,20). The molecule has 0 radical (unpaired) electrons. The van der Waals surface area contributed by atoms with Gasteiger partial charge in [0.15, 0.2) is 16.6 Å². The summed E-state index contributed by atoms with van der Waals surface area (Å²) in [4.78, 5) is 17.9. The van der Waals surface area contributed by atoms with Gasteiger partial charge in [-0.2, -0.15) is 0 Å². The van der Waals surface area contributed by atoms with E-state index >= 15 is 0 Å². The molecule has 1 amide bonds. The highest BCUT2D eigenvalue weighted by molar-refractivity contribution is 7.20. The van der Waals surface area contributed by atoms with Crippen molar-refractivity contribution >= 4 is 45.3 Å². The van der Waals surface area contributed by atoms with Crippen LogP contribution in [0.25, 0.3) is 10.6 Å². The predicted molar refractivity (Wildman–Crippen MR) is 95.8 cm³/mol. The van der Waals surface area contributed by atoms with Crippen LogP contribution in [0.2, 0.25) is 4.34 Å². The van der Waals surface area contributed by atoms with E-state index in [0.29, 0.717) is 39.7 Å². The van der Waals surface area contributed by atoms with Crippen LogP contribution < -0.4 is 14.8 Å². The van der Waals surface area contributed by atoms with E-state index in [1.807, 2.05) is 17.5 Å². The molecular formula is C16H11ClN2O3S2. The van der Waals surface area contributed by atoms with Crippen LogP contribution in [-0.2, 0) is 0 Å². The van der Waals surface area contributed by atoms with E-state index in [0.717, 1.165) is 10.6 Å². The van der Waals surface area contributed by atoms with Gasteiger partial charge in [-0.25, -0.2) is 4.98 Å². The van der Waals surface area contributed by atoms with Crippen molar-refractivity contribution in [3.63, 3.8) is 0 Å². The van der Waals surface area contributed by atoms with Gasteiger partial charge < -0.3 is 9.47 Å². The first kappa shape index (κ1) is 15.4. The molecule has 0 spiro atoms. The van der Waals surface area contributed by atoms with Crippen molar-refractivity contribution in [2.45, 2.75) is 0 Å². The van der Waals surface area contributed by atoms with Crippen LogP contribution in [-0.4, -0.2) is 24.1 Å². The highest BCUT2D eigenvalue weighted by Gasteiger charge is 2.21. The molecular weight excluding hydrogens is 368 g/mol. The lowest BCUT2D eigenvalue weighted by molar-refractivity contribution is 0.101. The largest absolute Gasteiger partial charge is 0.486 e. The zero-order chi connectivity index (χ0) is 16.5. The van der Waals surface area contributed by atoms with E-state index in [1.165, 1.54) is 22.7 Å². The second-order valence-corrected chi connectivity index (χ2v) is 7.50. The number of nitrogens with one attached hydrogen (secondary N) is 1. The monoisotopic (exact) mass is 378 g/mol. The smallest absolute Gasteiger partial charge is 0.261 e. The van der Waals surface area contributed by atoms with Crippen molar-refractivity contribution in [2.75, 3.05) is 18.5 Å². The zero-order valence-corrected chi connectivity index (χ0v) is 14.6. The normalized spacial score (nSPS) is 12.9. The number of hydrogen-bond acceptors (Lipinski definition) is 6. The van der Waals surface area contributed by atoms with Gasteiger partial charge in [0.05, 0.1) is 20.5 Å². The molecule has 0 bridgehead atoms. The van der Waals surface area contributed by atoms with Crippen LogP contribution in [0.3, 0.4) is 0 Å². The van der Waals surface area contributed by atoms with E-state index in [4.69, 9.17) is 21.1 Å². The Bertz CT molecular complexity index is 906. The number of fused-ring (bicyclic) bond motifs is 1. The second kappa shape index (κ2) is 6.43. The summed E-state index contributed by atoms with van der Waals surface area (Å²) in [6.45, 7) is 0.912. The number of thiazole rings is 1. The number of hydrogen-bond donors (Lipinski definition) is 1. The van der Waals surface area contributed by atoms with E-state index in [1.54, 1.807) is 18.2 Å². The summed E-state index contributed by atoms with van der Waals surface area (Å²) in [6.07, 6.45) is 0. The fraction of sp³-hybridized carbons (Fsp3) is 0.125. The van der Waals surface area contributed by atoms with Crippen LogP contribution in [0.4, 0.5) is 5.13 Å². The Morgan fingerprint density at radius 3 is 2.92 bits per heavy atom. The van der Waals surface area contributed by atoms with Crippen LogP contribution in [0.5, 0.6) is 11.5 Å². The SMILES string of the molecule is O=C(Nc1nc(-c2ccc(Cl)s2)cs1)c1cccc2c1OCCO2. The summed E-state index contributed by atoms with van der Waals surface area (Å²) in [6, 6.07) is 8.99. The lowest BCUT2D eigenvalue weighted by atomic mass is 10.1. The van der Waals surface area contributed by atoms with Gasteiger partial charge in [0, 0.05) is 5.38 Å². The quantitative estimate of drug-likeness (QED) is 0.726. The van der Waals surface area contributed by atoms with Crippen molar-refractivity contribution in [1.29, 1.82) is 0 Å². The van der Waals surface area contributed by atoms with Gasteiger partial charge in [0.25, 0.3) is 5.91 Å². The van der Waals surface area contributed by atoms with Crippen LogP contribution in [0.1, 0.15) is 10.4 Å². The number of nitrogens with zero attached hydrogens (tertiary/aromatic N) is 1. The molecule has 0 atom stereocenters. The summed E-state index contributed by atoms with van der Waals surface area (Å²) in [5.74, 6) is 0.785. The number of rotatable bonds is 3. The maximum atomic E-state index is 12.5. The summed E-state index contributed by atoms with van der Waals surface area (Å²) in [5, 5.41) is 5.22. The molecule has 0 fully saturated rings. The van der Waals surface area contributed by atoms with Gasteiger partial charge in [-0.1, -0.05) is 17.7 Å². The van der Waals surface area contributed by atoms with Gasteiger partial charge in [-0.3, -0.25) is 10.1 Å². The summed E-state index contributed by atoms with van der Waals surface area (Å²) in [5.41, 5.74) is 1.23. The number of amides is 1. The Hall–Kier alpha value is -2.09. The van der Waals surface area contributed by atoms with Crippen LogP contribution >= 0.6 is 34.3 Å². The summed E-state index contributed by atoms with van der Waals surface area (Å²) in [7, 11) is 0. The van der Waals surface area contributed by atoms with Crippen molar-refractivity contribution < 1.29 is 14.3 Å². The van der Waals surface area contributed by atoms with Gasteiger partial charge in [-0.15, -0.1) is 22.7 Å². The molecule has 4 rings (SSSR count). The summed E-state index contributed by atoms with van der Waals surface area (Å²) < 4.78 is 11.8. The molecule has 24 heavy (non-hydrogen) atoms. The summed E-state index contributed by atoms with van der Waals surface area (Å²) >= 11 is 8.76. The van der Waals surface area contributed by atoms with Gasteiger partial charge in [0.2, 0.25) is 0 Å². The van der Waals surface area contributed by atoms with Crippen LogP contribution in [0.15, 0.2) is 35.7 Å². The van der Waals surface area contributed by atoms with Crippen molar-refractivity contribution in [3.8, 4) is 22.1 Å². The minimum absolute atomic E-state index is 0.275. The first-order valence-electron chi connectivity index (χ1n) is 7.12. The highest BCUT2D eigenvalue weighted by Crippen LogP contribution is 2.35. The first-order chi connectivity index (χ1) is 11.7. The zero-order valence-electron chi connectivity index (χ0n) is 12.2. The third-order valence-electron chi connectivity index (χ3n) is 3.36. The van der Waals surface area contributed by atoms with E-state index in [-0.39, 0.29) is 5.91 Å². The molecule has 3 aromatic rings. The number of ether oxygens (including phenoxy) is 2. The minimum atomic E-state index is -0.275. The number of benzene rings is 1.